The predicted molar refractivity (Wildman–Crippen MR) is 96.5 cm³/mol. The lowest BCUT2D eigenvalue weighted by Gasteiger charge is -2.54. The van der Waals surface area contributed by atoms with Crippen molar-refractivity contribution < 1.29 is 9.90 Å². The van der Waals surface area contributed by atoms with E-state index in [0.717, 1.165) is 36.0 Å². The molecule has 0 aromatic carbocycles. The Kier molecular flexibility index (Phi) is 4.58. The SMILES string of the molecule is CCCCCCCC[C@@H]1[C@H]2C=C[C@H]3C(C(=O)O)=CC[C@H]4C[C@@H]1[C@@H]2[C@H]43. The first kappa shape index (κ1) is 16.4. The van der Waals surface area contributed by atoms with Crippen LogP contribution in [-0.4, -0.2) is 11.1 Å². The van der Waals surface area contributed by atoms with Gasteiger partial charge in [0.25, 0.3) is 0 Å². The van der Waals surface area contributed by atoms with Crippen molar-refractivity contribution in [2.75, 3.05) is 0 Å². The lowest BCUT2D eigenvalue weighted by molar-refractivity contribution is -0.133. The van der Waals surface area contributed by atoms with Crippen LogP contribution in [-0.2, 0) is 4.79 Å². The molecule has 4 aliphatic carbocycles. The highest BCUT2D eigenvalue weighted by Crippen LogP contribution is 2.67. The van der Waals surface area contributed by atoms with Crippen molar-refractivity contribution >= 4 is 5.97 Å². The standard InChI is InChI=1S/C22H32O2/c1-2-3-4-5-6-7-8-15-16-11-12-17-18(22(23)24)10-9-14-13-19(15)21(16)20(14)17/h10-12,14-17,19-21H,2-9,13H2,1H3,(H,23,24)/t14-,15+,16+,17-,19-,20+,21+/m0/s1. The van der Waals surface area contributed by atoms with Crippen LogP contribution in [0.25, 0.3) is 0 Å². The molecule has 2 saturated carbocycles. The summed E-state index contributed by atoms with van der Waals surface area (Å²) in [5, 5.41) is 9.50. The normalized spacial score (nSPS) is 41.5. The van der Waals surface area contributed by atoms with Gasteiger partial charge in [0.1, 0.15) is 0 Å². The summed E-state index contributed by atoms with van der Waals surface area (Å²) in [6.07, 6.45) is 18.9. The van der Waals surface area contributed by atoms with E-state index in [1.807, 2.05) is 6.08 Å². The van der Waals surface area contributed by atoms with Gasteiger partial charge in [-0.1, -0.05) is 63.7 Å². The monoisotopic (exact) mass is 328 g/mol. The minimum absolute atomic E-state index is 0.211. The molecule has 0 aliphatic heterocycles. The fraction of sp³-hybridized carbons (Fsp3) is 0.773. The van der Waals surface area contributed by atoms with E-state index in [9.17, 15) is 9.90 Å². The average molecular weight is 328 g/mol. The number of carboxylic acid groups (broad SMARTS) is 1. The van der Waals surface area contributed by atoms with Crippen molar-refractivity contribution in [1.29, 1.82) is 0 Å². The highest BCUT2D eigenvalue weighted by molar-refractivity contribution is 5.88. The summed E-state index contributed by atoms with van der Waals surface area (Å²) in [6, 6.07) is 0. The van der Waals surface area contributed by atoms with E-state index in [4.69, 9.17) is 0 Å². The Bertz CT molecular complexity index is 546. The molecule has 0 aromatic rings. The number of unbranched alkanes of at least 4 members (excludes halogenated alkanes) is 5. The first-order valence-corrected chi connectivity index (χ1v) is 10.3. The molecule has 0 heterocycles. The third-order valence-electron chi connectivity index (χ3n) is 7.64. The molecule has 24 heavy (non-hydrogen) atoms. The van der Waals surface area contributed by atoms with Crippen LogP contribution in [0.2, 0.25) is 0 Å². The zero-order valence-electron chi connectivity index (χ0n) is 15.0. The molecule has 132 valence electrons. The molecular formula is C22H32O2. The van der Waals surface area contributed by atoms with Gasteiger partial charge in [0.2, 0.25) is 0 Å². The highest BCUT2D eigenvalue weighted by atomic mass is 16.4. The number of carbonyl (C=O) groups is 1. The zero-order valence-corrected chi connectivity index (χ0v) is 15.0. The minimum atomic E-state index is -0.687. The molecule has 0 saturated heterocycles. The third-order valence-corrected chi connectivity index (χ3v) is 7.64. The van der Waals surface area contributed by atoms with Gasteiger partial charge >= 0.3 is 5.97 Å². The molecule has 7 atom stereocenters. The molecule has 1 N–H and O–H groups in total. The van der Waals surface area contributed by atoms with Crippen molar-refractivity contribution in [1.82, 2.24) is 0 Å². The molecule has 0 radical (unpaired) electrons. The maximum absolute atomic E-state index is 11.5. The molecule has 0 spiro atoms. The molecule has 0 amide bonds. The van der Waals surface area contributed by atoms with Gasteiger partial charge in [-0.3, -0.25) is 0 Å². The van der Waals surface area contributed by atoms with E-state index >= 15 is 0 Å². The van der Waals surface area contributed by atoms with Gasteiger partial charge in [0.15, 0.2) is 0 Å². The Morgan fingerprint density at radius 1 is 1.12 bits per heavy atom. The summed E-state index contributed by atoms with van der Waals surface area (Å²) in [7, 11) is 0. The first-order valence-electron chi connectivity index (χ1n) is 10.3. The van der Waals surface area contributed by atoms with Crippen LogP contribution < -0.4 is 0 Å². The van der Waals surface area contributed by atoms with E-state index in [0.29, 0.717) is 11.5 Å². The summed E-state index contributed by atoms with van der Waals surface area (Å²) in [4.78, 5) is 11.5. The summed E-state index contributed by atoms with van der Waals surface area (Å²) < 4.78 is 0. The topological polar surface area (TPSA) is 37.3 Å². The Hall–Kier alpha value is -1.05. The fourth-order valence-corrected chi connectivity index (χ4v) is 6.65. The van der Waals surface area contributed by atoms with Gasteiger partial charge in [-0.2, -0.15) is 0 Å². The van der Waals surface area contributed by atoms with Crippen molar-refractivity contribution in [2.24, 2.45) is 41.4 Å². The molecule has 2 heteroatoms. The van der Waals surface area contributed by atoms with Crippen LogP contribution in [0.3, 0.4) is 0 Å². The number of allylic oxidation sites excluding steroid dienone is 3. The highest BCUT2D eigenvalue weighted by Gasteiger charge is 2.62. The van der Waals surface area contributed by atoms with E-state index < -0.39 is 5.97 Å². The second-order valence-corrected chi connectivity index (χ2v) is 8.72. The number of carboxylic acids is 1. The van der Waals surface area contributed by atoms with E-state index in [1.54, 1.807) is 0 Å². The maximum Gasteiger partial charge on any atom is 0.331 e. The van der Waals surface area contributed by atoms with Crippen molar-refractivity contribution in [3.05, 3.63) is 23.8 Å². The Morgan fingerprint density at radius 3 is 2.71 bits per heavy atom. The van der Waals surface area contributed by atoms with Crippen molar-refractivity contribution in [3.8, 4) is 0 Å². The molecule has 0 bridgehead atoms. The summed E-state index contributed by atoms with van der Waals surface area (Å²) in [6.45, 7) is 2.28. The van der Waals surface area contributed by atoms with Crippen LogP contribution in [0.1, 0.15) is 64.7 Å². The third kappa shape index (κ3) is 2.57. The van der Waals surface area contributed by atoms with Crippen LogP contribution in [0.15, 0.2) is 23.8 Å². The van der Waals surface area contributed by atoms with Crippen LogP contribution in [0.5, 0.6) is 0 Å². The van der Waals surface area contributed by atoms with Crippen LogP contribution in [0, 0.1) is 41.4 Å². The lowest BCUT2D eigenvalue weighted by Crippen LogP contribution is -2.49. The van der Waals surface area contributed by atoms with Gasteiger partial charge in [0.05, 0.1) is 0 Å². The fourth-order valence-electron chi connectivity index (χ4n) is 6.65. The van der Waals surface area contributed by atoms with Crippen LogP contribution in [0.4, 0.5) is 0 Å². The maximum atomic E-state index is 11.5. The first-order chi connectivity index (χ1) is 11.7. The molecule has 0 aromatic heterocycles. The molecule has 4 rings (SSSR count). The predicted octanol–water partition coefficient (Wildman–Crippen LogP) is 5.45. The second kappa shape index (κ2) is 6.69. The van der Waals surface area contributed by atoms with Gasteiger partial charge in [-0.05, 0) is 54.8 Å². The summed E-state index contributed by atoms with van der Waals surface area (Å²) in [5.41, 5.74) is 0.686. The molecule has 2 fully saturated rings. The number of aliphatic carboxylic acids is 1. The molecule has 0 unspecified atom stereocenters. The van der Waals surface area contributed by atoms with Gasteiger partial charge in [-0.15, -0.1) is 0 Å². The average Bonchev–Trinajstić information content (AvgIpc) is 2.91. The van der Waals surface area contributed by atoms with Crippen LogP contribution >= 0.6 is 0 Å². The molecule has 2 nitrogen and oxygen atoms in total. The summed E-state index contributed by atoms with van der Waals surface area (Å²) in [5.74, 6) is 4.29. The number of hydrogen-bond donors (Lipinski definition) is 1. The molecule has 4 aliphatic rings. The molecular weight excluding hydrogens is 296 g/mol. The Morgan fingerprint density at radius 2 is 1.92 bits per heavy atom. The minimum Gasteiger partial charge on any atom is -0.478 e. The largest absolute Gasteiger partial charge is 0.478 e. The smallest absolute Gasteiger partial charge is 0.331 e. The van der Waals surface area contributed by atoms with E-state index in [2.05, 4.69) is 19.1 Å². The second-order valence-electron chi connectivity index (χ2n) is 8.72. The number of rotatable bonds is 8. The van der Waals surface area contributed by atoms with Gasteiger partial charge in [0, 0.05) is 11.5 Å². The van der Waals surface area contributed by atoms with Gasteiger partial charge < -0.3 is 5.11 Å². The lowest BCUT2D eigenvalue weighted by atomic mass is 9.50. The Balaban J connectivity index is 1.37. The Labute approximate surface area is 146 Å². The van der Waals surface area contributed by atoms with E-state index in [1.165, 1.54) is 51.4 Å². The quantitative estimate of drug-likeness (QED) is 0.475. The van der Waals surface area contributed by atoms with Crippen molar-refractivity contribution in [3.63, 3.8) is 0 Å². The van der Waals surface area contributed by atoms with Crippen molar-refractivity contribution in [2.45, 2.75) is 64.7 Å². The van der Waals surface area contributed by atoms with Gasteiger partial charge in [-0.25, -0.2) is 4.79 Å². The zero-order chi connectivity index (χ0) is 16.7. The number of hydrogen-bond acceptors (Lipinski definition) is 1. The van der Waals surface area contributed by atoms with E-state index in [-0.39, 0.29) is 5.92 Å². The summed E-state index contributed by atoms with van der Waals surface area (Å²) >= 11 is 0.